The van der Waals surface area contributed by atoms with Crippen LogP contribution in [0.2, 0.25) is 0 Å². The smallest absolute Gasteiger partial charge is 0.265 e. The summed E-state index contributed by atoms with van der Waals surface area (Å²) in [6, 6.07) is 17.1. The summed E-state index contributed by atoms with van der Waals surface area (Å²) in [6.45, 7) is 1.66. The van der Waals surface area contributed by atoms with E-state index in [4.69, 9.17) is 9.47 Å². The maximum atomic E-state index is 12.4. The lowest BCUT2D eigenvalue weighted by atomic mass is 10.2. The minimum atomic E-state index is -0.710. The molecule has 0 aliphatic carbocycles. The number of nitrogens with one attached hydrogen (secondary N) is 2. The topological polar surface area (TPSA) is 89.5 Å². The SMILES string of the molecule is COc1ccc(OC(C)C(=O)Nc2cccc(NC(=O)c3ccncc3)c2)cc1. The molecule has 1 heterocycles. The maximum Gasteiger partial charge on any atom is 0.265 e. The standard InChI is InChI=1S/C22H21N3O4/c1-15(29-20-8-6-19(28-2)7-9-20)21(26)24-17-4-3-5-18(14-17)25-22(27)16-10-12-23-13-11-16/h3-15H,1-2H3,(H,24,26)(H,25,27). The number of pyridine rings is 1. The van der Waals surface area contributed by atoms with Gasteiger partial charge in [0.2, 0.25) is 0 Å². The van der Waals surface area contributed by atoms with Crippen molar-refractivity contribution in [1.82, 2.24) is 4.98 Å². The molecule has 1 unspecified atom stereocenters. The Morgan fingerprint density at radius 1 is 0.897 bits per heavy atom. The van der Waals surface area contributed by atoms with Crippen LogP contribution in [0.3, 0.4) is 0 Å². The summed E-state index contributed by atoms with van der Waals surface area (Å²) in [7, 11) is 1.58. The van der Waals surface area contributed by atoms with Gasteiger partial charge < -0.3 is 20.1 Å². The molecule has 2 aromatic carbocycles. The van der Waals surface area contributed by atoms with E-state index in [0.717, 1.165) is 0 Å². The van der Waals surface area contributed by atoms with E-state index in [9.17, 15) is 9.59 Å². The first-order valence-corrected chi connectivity index (χ1v) is 8.98. The molecule has 7 nitrogen and oxygen atoms in total. The third-order valence-corrected chi connectivity index (χ3v) is 4.07. The zero-order chi connectivity index (χ0) is 20.6. The molecule has 0 bridgehead atoms. The van der Waals surface area contributed by atoms with Crippen LogP contribution in [-0.4, -0.2) is 30.0 Å². The molecule has 2 amide bonds. The van der Waals surface area contributed by atoms with Crippen molar-refractivity contribution < 1.29 is 19.1 Å². The first-order chi connectivity index (χ1) is 14.0. The number of hydrogen-bond donors (Lipinski definition) is 2. The van der Waals surface area contributed by atoms with Gasteiger partial charge in [0.25, 0.3) is 11.8 Å². The average Bonchev–Trinajstić information content (AvgIpc) is 2.75. The summed E-state index contributed by atoms with van der Waals surface area (Å²) in [4.78, 5) is 28.6. The van der Waals surface area contributed by atoms with Gasteiger partial charge in [-0.15, -0.1) is 0 Å². The van der Waals surface area contributed by atoms with E-state index in [0.29, 0.717) is 28.4 Å². The Kier molecular flexibility index (Phi) is 6.42. The number of methoxy groups -OCH3 is 1. The zero-order valence-corrected chi connectivity index (χ0v) is 16.1. The third kappa shape index (κ3) is 5.55. The van der Waals surface area contributed by atoms with Crippen LogP contribution in [0.25, 0.3) is 0 Å². The highest BCUT2D eigenvalue weighted by molar-refractivity contribution is 6.04. The summed E-state index contributed by atoms with van der Waals surface area (Å²) in [5.74, 6) is 0.706. The number of anilines is 2. The van der Waals surface area contributed by atoms with Crippen LogP contribution in [0.15, 0.2) is 73.1 Å². The fourth-order valence-corrected chi connectivity index (χ4v) is 2.54. The Balaban J connectivity index is 1.59. The van der Waals surface area contributed by atoms with E-state index in [1.807, 2.05) is 0 Å². The van der Waals surface area contributed by atoms with Crippen LogP contribution in [0.1, 0.15) is 17.3 Å². The summed E-state index contributed by atoms with van der Waals surface area (Å²) in [5, 5.41) is 5.58. The molecule has 29 heavy (non-hydrogen) atoms. The quantitative estimate of drug-likeness (QED) is 0.640. The normalized spacial score (nSPS) is 11.2. The molecular weight excluding hydrogens is 370 g/mol. The van der Waals surface area contributed by atoms with Crippen molar-refractivity contribution in [2.24, 2.45) is 0 Å². The Labute approximate surface area is 168 Å². The van der Waals surface area contributed by atoms with Gasteiger partial charge >= 0.3 is 0 Å². The molecular formula is C22H21N3O4. The van der Waals surface area contributed by atoms with E-state index < -0.39 is 6.10 Å². The van der Waals surface area contributed by atoms with Crippen LogP contribution < -0.4 is 20.1 Å². The van der Waals surface area contributed by atoms with Crippen molar-refractivity contribution in [3.8, 4) is 11.5 Å². The lowest BCUT2D eigenvalue weighted by molar-refractivity contribution is -0.122. The van der Waals surface area contributed by atoms with Crippen molar-refractivity contribution in [2.45, 2.75) is 13.0 Å². The number of carbonyl (C=O) groups excluding carboxylic acids is 2. The highest BCUT2D eigenvalue weighted by atomic mass is 16.5. The highest BCUT2D eigenvalue weighted by Gasteiger charge is 2.15. The zero-order valence-electron chi connectivity index (χ0n) is 16.1. The van der Waals surface area contributed by atoms with Crippen LogP contribution in [0.4, 0.5) is 11.4 Å². The third-order valence-electron chi connectivity index (χ3n) is 4.07. The molecule has 0 radical (unpaired) electrons. The molecule has 0 spiro atoms. The van der Waals surface area contributed by atoms with Gasteiger partial charge in [-0.1, -0.05) is 6.07 Å². The van der Waals surface area contributed by atoms with Crippen LogP contribution in [0, 0.1) is 0 Å². The van der Waals surface area contributed by atoms with E-state index >= 15 is 0 Å². The number of aromatic nitrogens is 1. The molecule has 3 rings (SSSR count). The second-order valence-corrected chi connectivity index (χ2v) is 6.20. The van der Waals surface area contributed by atoms with Gasteiger partial charge in [0, 0.05) is 29.3 Å². The number of carbonyl (C=O) groups is 2. The summed E-state index contributed by atoms with van der Waals surface area (Å²) in [5.41, 5.74) is 1.61. The fraction of sp³-hybridized carbons (Fsp3) is 0.136. The predicted molar refractivity (Wildman–Crippen MR) is 110 cm³/mol. The molecule has 148 valence electrons. The van der Waals surface area contributed by atoms with Gasteiger partial charge in [-0.3, -0.25) is 14.6 Å². The molecule has 2 N–H and O–H groups in total. The molecule has 0 saturated heterocycles. The number of amides is 2. The molecule has 1 aromatic heterocycles. The monoisotopic (exact) mass is 391 g/mol. The van der Waals surface area contributed by atoms with E-state index in [1.54, 1.807) is 87.1 Å². The minimum Gasteiger partial charge on any atom is -0.497 e. The lowest BCUT2D eigenvalue weighted by Gasteiger charge is -2.15. The van der Waals surface area contributed by atoms with E-state index in [1.165, 1.54) is 0 Å². The molecule has 0 saturated carbocycles. The van der Waals surface area contributed by atoms with Crippen molar-refractivity contribution >= 4 is 23.2 Å². The van der Waals surface area contributed by atoms with E-state index in [2.05, 4.69) is 15.6 Å². The Morgan fingerprint density at radius 2 is 1.52 bits per heavy atom. The molecule has 3 aromatic rings. The Hall–Kier alpha value is -3.87. The molecule has 1 atom stereocenters. The average molecular weight is 391 g/mol. The minimum absolute atomic E-state index is 0.257. The van der Waals surface area contributed by atoms with Crippen LogP contribution in [0.5, 0.6) is 11.5 Å². The number of ether oxygens (including phenoxy) is 2. The largest absolute Gasteiger partial charge is 0.497 e. The van der Waals surface area contributed by atoms with Gasteiger partial charge in [-0.2, -0.15) is 0 Å². The van der Waals surface area contributed by atoms with Gasteiger partial charge in [0.1, 0.15) is 11.5 Å². The van der Waals surface area contributed by atoms with Crippen LogP contribution >= 0.6 is 0 Å². The van der Waals surface area contributed by atoms with Crippen LogP contribution in [-0.2, 0) is 4.79 Å². The first-order valence-electron chi connectivity index (χ1n) is 8.98. The maximum absolute atomic E-state index is 12.4. The van der Waals surface area contributed by atoms with Gasteiger partial charge in [-0.05, 0) is 61.5 Å². The summed E-state index contributed by atoms with van der Waals surface area (Å²) in [6.07, 6.45) is 2.39. The molecule has 0 aliphatic heterocycles. The second-order valence-electron chi connectivity index (χ2n) is 6.20. The number of benzene rings is 2. The Morgan fingerprint density at radius 3 is 2.17 bits per heavy atom. The number of nitrogens with zero attached hydrogens (tertiary/aromatic N) is 1. The predicted octanol–water partition coefficient (Wildman–Crippen LogP) is 3.75. The van der Waals surface area contributed by atoms with Crippen molar-refractivity contribution in [1.29, 1.82) is 0 Å². The summed E-state index contributed by atoms with van der Waals surface area (Å²) < 4.78 is 10.8. The van der Waals surface area contributed by atoms with Crippen molar-refractivity contribution in [3.05, 3.63) is 78.6 Å². The van der Waals surface area contributed by atoms with Crippen molar-refractivity contribution in [3.63, 3.8) is 0 Å². The molecule has 0 aliphatic rings. The number of rotatable bonds is 7. The van der Waals surface area contributed by atoms with Crippen molar-refractivity contribution in [2.75, 3.05) is 17.7 Å². The van der Waals surface area contributed by atoms with Gasteiger partial charge in [0.05, 0.1) is 7.11 Å². The number of hydrogen-bond acceptors (Lipinski definition) is 5. The first kappa shape index (κ1) is 19.9. The fourth-order valence-electron chi connectivity index (χ4n) is 2.54. The molecule has 7 heteroatoms. The Bertz CT molecular complexity index is 975. The lowest BCUT2D eigenvalue weighted by Crippen LogP contribution is -2.30. The highest BCUT2D eigenvalue weighted by Crippen LogP contribution is 2.20. The summed E-state index contributed by atoms with van der Waals surface area (Å²) >= 11 is 0. The van der Waals surface area contributed by atoms with Gasteiger partial charge in [-0.25, -0.2) is 0 Å². The van der Waals surface area contributed by atoms with E-state index in [-0.39, 0.29) is 11.8 Å². The van der Waals surface area contributed by atoms with Gasteiger partial charge in [0.15, 0.2) is 6.10 Å². The second kappa shape index (κ2) is 9.36. The molecule has 0 fully saturated rings.